The molecule has 320 valence electrons. The predicted octanol–water partition coefficient (Wildman–Crippen LogP) is 18.1. The normalized spacial score (nSPS) is 13.1. The Labute approximate surface area is 393 Å². The molecule has 0 spiro atoms. The topological polar surface area (TPSA) is 50.3 Å². The van der Waals surface area contributed by atoms with Gasteiger partial charge in [0.05, 0.1) is 22.1 Å². The van der Waals surface area contributed by atoms with Crippen molar-refractivity contribution in [2.45, 2.75) is 13.8 Å². The van der Waals surface area contributed by atoms with E-state index in [9.17, 15) is 0 Å². The highest BCUT2D eigenvalue weighted by Gasteiger charge is 2.28. The van der Waals surface area contributed by atoms with Gasteiger partial charge in [-0.15, -0.1) is 0 Å². The molecule has 0 radical (unpaired) electrons. The van der Waals surface area contributed by atoms with Gasteiger partial charge in [-0.3, -0.25) is 0 Å². The molecule has 10 aromatic carbocycles. The summed E-state index contributed by atoms with van der Waals surface area (Å²) in [6.07, 6.45) is 0. The molecular weight excluding hydrogens is 835 g/mol. The van der Waals surface area contributed by atoms with Gasteiger partial charge in [0.15, 0.2) is 5.58 Å². The summed E-state index contributed by atoms with van der Waals surface area (Å²) < 4.78 is 46.8. The van der Waals surface area contributed by atoms with Gasteiger partial charge in [-0.25, -0.2) is 0 Å². The lowest BCUT2D eigenvalue weighted by Crippen LogP contribution is -2.10. The number of benzene rings is 10. The van der Waals surface area contributed by atoms with Crippen LogP contribution in [0.1, 0.15) is 15.2 Å². The monoisotopic (exact) mass is 876 g/mol. The van der Waals surface area contributed by atoms with Gasteiger partial charge in [0.1, 0.15) is 33.4 Å². The van der Waals surface area contributed by atoms with Crippen molar-refractivity contribution in [2.24, 2.45) is 0 Å². The van der Waals surface area contributed by atoms with Crippen molar-refractivity contribution in [3.63, 3.8) is 0 Å². The number of hydrogen-bond acceptors (Lipinski definition) is 5. The van der Waals surface area contributed by atoms with E-state index in [1.54, 1.807) is 12.1 Å². The fourth-order valence-corrected chi connectivity index (χ4v) is 11.0. The standard InChI is InChI=1S/C62H39N3O3/c1-36-13-11-20-46-50-34-43(25-29-55(50)66-60(36)46)63(40-15-5-3-6-16-40)42-24-23-38-32-49-45-27-28-52(57-58(45)65(53(49)33-39(38)31-42)59-48-19-9-10-22-54(48)68-62(57)59)64(41-17-7-4-8-18-41)44-26-30-56-51(35-44)47-21-12-14-37(2)61(47)67-56/h3-35H,1-2H3/i2D3. The zero-order valence-electron chi connectivity index (χ0n) is 39.6. The van der Waals surface area contributed by atoms with Crippen LogP contribution in [-0.2, 0) is 0 Å². The Kier molecular flexibility index (Phi) is 6.96. The number of aryl methyl sites for hydroxylation is 2. The van der Waals surface area contributed by atoms with Crippen molar-refractivity contribution in [1.29, 1.82) is 0 Å². The lowest BCUT2D eigenvalue weighted by atomic mass is 10.0. The molecule has 0 aliphatic rings. The molecule has 0 fully saturated rings. The maximum atomic E-state index is 8.24. The molecule has 15 rings (SSSR count). The molecule has 0 aliphatic heterocycles. The largest absolute Gasteiger partial charge is 0.456 e. The summed E-state index contributed by atoms with van der Waals surface area (Å²) in [7, 11) is 0. The molecule has 0 aliphatic carbocycles. The summed E-state index contributed by atoms with van der Waals surface area (Å²) in [5, 5.41) is 10.3. The molecule has 0 amide bonds. The molecule has 0 bridgehead atoms. The molecule has 5 heterocycles. The first-order valence-electron chi connectivity index (χ1n) is 24.4. The van der Waals surface area contributed by atoms with Gasteiger partial charge < -0.3 is 27.5 Å². The highest BCUT2D eigenvalue weighted by Crippen LogP contribution is 2.51. The van der Waals surface area contributed by atoms with Gasteiger partial charge in [0.2, 0.25) is 0 Å². The Bertz CT molecular complexity index is 4660. The fraction of sp³-hybridized carbons (Fsp3) is 0.0323. The van der Waals surface area contributed by atoms with Crippen LogP contribution in [0.15, 0.2) is 213 Å². The van der Waals surface area contributed by atoms with Crippen molar-refractivity contribution < 1.29 is 17.4 Å². The highest BCUT2D eigenvalue weighted by molar-refractivity contribution is 6.30. The second-order valence-corrected chi connectivity index (χ2v) is 17.9. The number of fused-ring (bicyclic) bond motifs is 15. The molecule has 6 heteroatoms. The van der Waals surface area contributed by atoms with Crippen LogP contribution in [0.2, 0.25) is 0 Å². The van der Waals surface area contributed by atoms with Crippen molar-refractivity contribution in [3.8, 4) is 0 Å². The van der Waals surface area contributed by atoms with Crippen LogP contribution in [-0.4, -0.2) is 4.40 Å². The van der Waals surface area contributed by atoms with Crippen LogP contribution < -0.4 is 9.80 Å². The van der Waals surface area contributed by atoms with E-state index >= 15 is 0 Å². The first-order chi connectivity index (χ1) is 34.7. The molecule has 68 heavy (non-hydrogen) atoms. The average molecular weight is 877 g/mol. The summed E-state index contributed by atoms with van der Waals surface area (Å²) in [4.78, 5) is 4.60. The van der Waals surface area contributed by atoms with E-state index in [-0.39, 0.29) is 5.56 Å². The number of aromatic nitrogens is 1. The lowest BCUT2D eigenvalue weighted by molar-refractivity contribution is 0.665. The molecule has 6 nitrogen and oxygen atoms in total. The Balaban J connectivity index is 0.967. The van der Waals surface area contributed by atoms with Crippen LogP contribution in [0.3, 0.4) is 0 Å². The summed E-state index contributed by atoms with van der Waals surface area (Å²) in [5.74, 6) is 0. The van der Waals surface area contributed by atoms with E-state index in [2.05, 4.69) is 173 Å². The Morgan fingerprint density at radius 2 is 0.971 bits per heavy atom. The third-order valence-electron chi connectivity index (χ3n) is 14.1. The fourth-order valence-electron chi connectivity index (χ4n) is 11.0. The van der Waals surface area contributed by atoms with E-state index in [0.29, 0.717) is 11.2 Å². The SMILES string of the molecule is [2H]C([2H])([2H])c1cccc2c1oc1ccc(N(c3ccccc3)c3ccc4c5cc6ccc(N(c7ccccc7)c7ccc8oc9c(C)cccc9c8c7)cc6cc5n5c6c7ccccc7oc6c3c45)cc12. The number of rotatable bonds is 6. The zero-order valence-corrected chi connectivity index (χ0v) is 36.6. The van der Waals surface area contributed by atoms with Gasteiger partial charge in [-0.05, 0) is 139 Å². The van der Waals surface area contributed by atoms with E-state index in [4.69, 9.17) is 17.4 Å². The van der Waals surface area contributed by atoms with E-state index in [1.807, 2.05) is 36.4 Å². The number of nitrogens with zero attached hydrogens (tertiary/aromatic N) is 3. The first-order valence-corrected chi connectivity index (χ1v) is 22.9. The number of anilines is 6. The highest BCUT2D eigenvalue weighted by atomic mass is 16.3. The van der Waals surface area contributed by atoms with Crippen molar-refractivity contribution in [3.05, 3.63) is 211 Å². The number of para-hydroxylation sites is 5. The minimum atomic E-state index is -2.32. The van der Waals surface area contributed by atoms with E-state index in [1.165, 1.54) is 0 Å². The van der Waals surface area contributed by atoms with Gasteiger partial charge in [0.25, 0.3) is 0 Å². The summed E-state index contributed by atoms with van der Waals surface area (Å²) in [6.45, 7) is -0.229. The zero-order chi connectivity index (χ0) is 47.3. The quantitative estimate of drug-likeness (QED) is 0.167. The minimum Gasteiger partial charge on any atom is -0.456 e. The molecule has 0 N–H and O–H groups in total. The maximum Gasteiger partial charge on any atom is 0.163 e. The molecular formula is C62H39N3O3. The molecule has 0 atom stereocenters. The molecule has 0 saturated carbocycles. The van der Waals surface area contributed by atoms with Crippen molar-refractivity contribution in [1.82, 2.24) is 4.40 Å². The second kappa shape index (κ2) is 13.8. The first kappa shape index (κ1) is 34.4. The predicted molar refractivity (Wildman–Crippen MR) is 282 cm³/mol. The smallest absolute Gasteiger partial charge is 0.163 e. The van der Waals surface area contributed by atoms with Gasteiger partial charge >= 0.3 is 0 Å². The van der Waals surface area contributed by atoms with Crippen LogP contribution in [0.5, 0.6) is 0 Å². The summed E-state index contributed by atoms with van der Waals surface area (Å²) >= 11 is 0. The van der Waals surface area contributed by atoms with Gasteiger partial charge in [0, 0.05) is 70.3 Å². The van der Waals surface area contributed by atoms with Gasteiger partial charge in [-0.1, -0.05) is 97.1 Å². The molecule has 15 aromatic rings. The van der Waals surface area contributed by atoms with Crippen molar-refractivity contribution >= 4 is 138 Å². The minimum absolute atomic E-state index is 0.199. The van der Waals surface area contributed by atoms with Crippen LogP contribution >= 0.6 is 0 Å². The van der Waals surface area contributed by atoms with Crippen LogP contribution in [0, 0.1) is 13.8 Å². The summed E-state index contributed by atoms with van der Waals surface area (Å²) in [6, 6.07) is 69.4. The maximum absolute atomic E-state index is 8.24. The molecule has 0 unspecified atom stereocenters. The van der Waals surface area contributed by atoms with Crippen molar-refractivity contribution in [2.75, 3.05) is 9.80 Å². The Morgan fingerprint density at radius 1 is 0.382 bits per heavy atom. The summed E-state index contributed by atoms with van der Waals surface area (Å²) in [5.41, 5.74) is 14.8. The lowest BCUT2D eigenvalue weighted by Gasteiger charge is -2.26. The third kappa shape index (κ3) is 5.17. The number of furan rings is 3. The third-order valence-corrected chi connectivity index (χ3v) is 14.1. The number of hydrogen-bond donors (Lipinski definition) is 0. The van der Waals surface area contributed by atoms with E-state index in [0.717, 1.165) is 132 Å². The Hall–Kier alpha value is -9.00. The second-order valence-electron chi connectivity index (χ2n) is 17.9. The Morgan fingerprint density at radius 3 is 1.71 bits per heavy atom. The van der Waals surface area contributed by atoms with Crippen LogP contribution in [0.4, 0.5) is 34.1 Å². The molecule has 5 aromatic heterocycles. The van der Waals surface area contributed by atoms with Gasteiger partial charge in [-0.2, -0.15) is 0 Å². The van der Waals surface area contributed by atoms with Crippen LogP contribution in [0.25, 0.3) is 104 Å². The molecule has 0 saturated heterocycles. The van der Waals surface area contributed by atoms with E-state index < -0.39 is 6.85 Å². The average Bonchev–Trinajstić information content (AvgIpc) is 4.20.